The molecule has 26 heavy (non-hydrogen) atoms. The quantitative estimate of drug-likeness (QED) is 0.474. The van der Waals surface area contributed by atoms with Crippen molar-refractivity contribution in [3.63, 3.8) is 0 Å². The molecule has 0 amide bonds. The first-order valence-corrected chi connectivity index (χ1v) is 9.77. The van der Waals surface area contributed by atoms with Gasteiger partial charge >= 0.3 is 0 Å². The van der Waals surface area contributed by atoms with Crippen LogP contribution in [0.3, 0.4) is 0 Å². The van der Waals surface area contributed by atoms with Gasteiger partial charge in [0.25, 0.3) is 0 Å². The van der Waals surface area contributed by atoms with Crippen LogP contribution in [0.15, 0.2) is 58.2 Å². The van der Waals surface area contributed by atoms with E-state index in [0.717, 1.165) is 22.8 Å². The predicted octanol–water partition coefficient (Wildman–Crippen LogP) is 3.35. The number of hydrogen-bond acceptors (Lipinski definition) is 8. The maximum Gasteiger partial charge on any atom is 0.215 e. The molecule has 0 N–H and O–H groups in total. The van der Waals surface area contributed by atoms with Crippen molar-refractivity contribution in [3.05, 3.63) is 58.5 Å². The van der Waals surface area contributed by atoms with Crippen LogP contribution in [0.4, 0.5) is 0 Å². The van der Waals surface area contributed by atoms with Gasteiger partial charge in [-0.1, -0.05) is 19.1 Å². The Hall–Kier alpha value is -2.65. The lowest BCUT2D eigenvalue weighted by Crippen LogP contribution is -2.03. The highest BCUT2D eigenvalue weighted by Gasteiger charge is 2.13. The number of tetrazole rings is 1. The minimum Gasteiger partial charge on any atom is -0.253 e. The largest absolute Gasteiger partial charge is 0.253 e. The van der Waals surface area contributed by atoms with Crippen LogP contribution >= 0.6 is 23.1 Å². The monoisotopic (exact) mass is 381 g/mol. The van der Waals surface area contributed by atoms with E-state index in [4.69, 9.17) is 0 Å². The minimum atomic E-state index is 0.615. The zero-order chi connectivity index (χ0) is 17.8. The van der Waals surface area contributed by atoms with Gasteiger partial charge in [-0.15, -0.1) is 16.4 Å². The second-order valence-corrected chi connectivity index (χ2v) is 7.41. The maximum absolute atomic E-state index is 4.65. The Morgan fingerprint density at radius 2 is 2.12 bits per heavy atom. The van der Waals surface area contributed by atoms with Gasteiger partial charge < -0.3 is 0 Å². The van der Waals surface area contributed by atoms with E-state index in [2.05, 4.69) is 43.5 Å². The van der Waals surface area contributed by atoms with Crippen molar-refractivity contribution in [1.29, 1.82) is 0 Å². The molecule has 0 aliphatic carbocycles. The Kier molecular flexibility index (Phi) is 4.98. The van der Waals surface area contributed by atoms with Crippen molar-refractivity contribution >= 4 is 23.1 Å². The Bertz CT molecular complexity index is 984. The fourth-order valence-electron chi connectivity index (χ4n) is 2.33. The fraction of sp³-hybridized carbons (Fsp3) is 0.176. The van der Waals surface area contributed by atoms with E-state index < -0.39 is 0 Å². The molecule has 0 radical (unpaired) electrons. The Labute approximate surface area is 158 Å². The highest BCUT2D eigenvalue weighted by molar-refractivity contribution is 7.99. The van der Waals surface area contributed by atoms with Gasteiger partial charge in [0.1, 0.15) is 10.7 Å². The molecule has 4 heterocycles. The predicted molar refractivity (Wildman–Crippen MR) is 100 cm³/mol. The van der Waals surface area contributed by atoms with Crippen LogP contribution in [0.5, 0.6) is 0 Å². The third-order valence-electron chi connectivity index (χ3n) is 3.59. The van der Waals surface area contributed by atoms with Crippen LogP contribution in [0.1, 0.15) is 17.5 Å². The average Bonchev–Trinajstić information content (AvgIpc) is 3.35. The number of pyridine rings is 1. The molecule has 0 spiro atoms. The summed E-state index contributed by atoms with van der Waals surface area (Å²) in [6.07, 6.45) is 2.56. The first kappa shape index (κ1) is 16.8. The van der Waals surface area contributed by atoms with E-state index in [1.54, 1.807) is 22.2 Å². The van der Waals surface area contributed by atoms with Gasteiger partial charge in [-0.25, -0.2) is 14.6 Å². The molecule has 4 aromatic rings. The van der Waals surface area contributed by atoms with Crippen molar-refractivity contribution in [3.8, 4) is 11.5 Å². The molecule has 0 aliphatic rings. The maximum atomic E-state index is 4.65. The summed E-state index contributed by atoms with van der Waals surface area (Å²) in [5.41, 5.74) is 1.71. The number of aryl methyl sites for hydroxylation is 1. The molecule has 130 valence electrons. The van der Waals surface area contributed by atoms with Crippen LogP contribution in [-0.2, 0) is 13.0 Å². The van der Waals surface area contributed by atoms with Crippen molar-refractivity contribution < 1.29 is 0 Å². The smallest absolute Gasteiger partial charge is 0.215 e. The molecule has 0 atom stereocenters. The number of thiophene rings is 1. The normalized spacial score (nSPS) is 11.0. The van der Waals surface area contributed by atoms with Crippen molar-refractivity contribution in [2.45, 2.75) is 30.1 Å². The summed E-state index contributed by atoms with van der Waals surface area (Å²) in [6.45, 7) is 2.71. The second kappa shape index (κ2) is 7.71. The summed E-state index contributed by atoms with van der Waals surface area (Å²) >= 11 is 3.12. The Morgan fingerprint density at radius 1 is 1.15 bits per heavy atom. The first-order chi connectivity index (χ1) is 12.8. The van der Waals surface area contributed by atoms with Crippen molar-refractivity contribution in [1.82, 2.24) is 35.2 Å². The van der Waals surface area contributed by atoms with E-state index in [-0.39, 0.29) is 0 Å². The van der Waals surface area contributed by atoms with Crippen LogP contribution in [-0.4, -0.2) is 35.2 Å². The zero-order valence-electron chi connectivity index (χ0n) is 14.0. The van der Waals surface area contributed by atoms with E-state index >= 15 is 0 Å². The Balaban J connectivity index is 1.64. The molecule has 4 aromatic heterocycles. The van der Waals surface area contributed by atoms with Gasteiger partial charge in [0, 0.05) is 16.8 Å². The molecule has 0 unspecified atom stereocenters. The Morgan fingerprint density at radius 3 is 2.88 bits per heavy atom. The third-order valence-corrected chi connectivity index (χ3v) is 5.35. The van der Waals surface area contributed by atoms with E-state index in [1.807, 2.05) is 35.7 Å². The molecule has 0 saturated carbocycles. The summed E-state index contributed by atoms with van der Waals surface area (Å²) in [4.78, 5) is 14.8. The molecule has 4 rings (SSSR count). The molecule has 9 heteroatoms. The number of rotatable bonds is 6. The SMILES string of the molecule is CCc1cc(Sc2nnnn2Cc2cccs2)nc(-c2ccccn2)n1. The molecule has 0 bridgehead atoms. The van der Waals surface area contributed by atoms with E-state index in [0.29, 0.717) is 17.5 Å². The van der Waals surface area contributed by atoms with Gasteiger partial charge in [0.05, 0.1) is 6.54 Å². The second-order valence-electron chi connectivity index (χ2n) is 5.39. The highest BCUT2D eigenvalue weighted by atomic mass is 32.2. The van der Waals surface area contributed by atoms with Gasteiger partial charge in [-0.3, -0.25) is 4.98 Å². The fourth-order valence-corrected chi connectivity index (χ4v) is 3.81. The van der Waals surface area contributed by atoms with Crippen LogP contribution in [0.25, 0.3) is 11.5 Å². The lowest BCUT2D eigenvalue weighted by Gasteiger charge is -2.06. The van der Waals surface area contributed by atoms with Crippen LogP contribution in [0.2, 0.25) is 0 Å². The molecule has 0 aromatic carbocycles. The van der Waals surface area contributed by atoms with Crippen LogP contribution in [0, 0.1) is 0 Å². The van der Waals surface area contributed by atoms with Crippen molar-refractivity contribution in [2.75, 3.05) is 0 Å². The van der Waals surface area contributed by atoms with Gasteiger partial charge in [0.2, 0.25) is 5.16 Å². The average molecular weight is 381 g/mol. The highest BCUT2D eigenvalue weighted by Crippen LogP contribution is 2.27. The third kappa shape index (κ3) is 3.78. The van der Waals surface area contributed by atoms with Gasteiger partial charge in [0.15, 0.2) is 5.82 Å². The molecule has 0 saturated heterocycles. The first-order valence-electron chi connectivity index (χ1n) is 8.07. The lowest BCUT2D eigenvalue weighted by molar-refractivity contribution is 0.608. The zero-order valence-corrected chi connectivity index (χ0v) is 15.6. The summed E-state index contributed by atoms with van der Waals surface area (Å²) in [6, 6.07) is 11.8. The van der Waals surface area contributed by atoms with E-state index in [1.165, 1.54) is 16.6 Å². The standard InChI is InChI=1S/C17H15N7S2/c1-2-12-10-15(20-16(19-12)14-7-3-4-8-18-14)26-17-21-22-23-24(17)11-13-6-5-9-25-13/h3-10H,2,11H2,1H3. The molecular formula is C17H15N7S2. The number of aromatic nitrogens is 7. The molecule has 0 aliphatic heterocycles. The molecule has 7 nitrogen and oxygen atoms in total. The number of hydrogen-bond donors (Lipinski definition) is 0. The molecule has 0 fully saturated rings. The van der Waals surface area contributed by atoms with Gasteiger partial charge in [-0.2, -0.15) is 0 Å². The summed E-state index contributed by atoms with van der Waals surface area (Å²) in [5, 5.41) is 15.6. The molecular weight excluding hydrogens is 366 g/mol. The summed E-state index contributed by atoms with van der Waals surface area (Å²) < 4.78 is 1.78. The summed E-state index contributed by atoms with van der Waals surface area (Å²) in [7, 11) is 0. The minimum absolute atomic E-state index is 0.615. The van der Waals surface area contributed by atoms with Crippen molar-refractivity contribution in [2.24, 2.45) is 0 Å². The van der Waals surface area contributed by atoms with Crippen LogP contribution < -0.4 is 0 Å². The summed E-state index contributed by atoms with van der Waals surface area (Å²) in [5.74, 6) is 0.615. The number of nitrogens with zero attached hydrogens (tertiary/aromatic N) is 7. The van der Waals surface area contributed by atoms with Gasteiger partial charge in [-0.05, 0) is 58.3 Å². The lowest BCUT2D eigenvalue weighted by atomic mass is 10.3. The van der Waals surface area contributed by atoms with E-state index in [9.17, 15) is 0 Å². The topological polar surface area (TPSA) is 82.3 Å².